The lowest BCUT2D eigenvalue weighted by Gasteiger charge is -2.36. The van der Waals surface area contributed by atoms with Gasteiger partial charge in [0.2, 0.25) is 0 Å². The molecule has 1 saturated heterocycles. The average molecular weight is 619 g/mol. The van der Waals surface area contributed by atoms with Gasteiger partial charge in [-0.3, -0.25) is 14.7 Å². The first-order chi connectivity index (χ1) is 20.5. The first kappa shape index (κ1) is 29.0. The second kappa shape index (κ2) is 10.9. The van der Waals surface area contributed by atoms with Crippen molar-refractivity contribution in [3.8, 4) is 17.2 Å². The van der Waals surface area contributed by atoms with E-state index in [4.69, 9.17) is 18.7 Å². The molecule has 2 aromatic heterocycles. The van der Waals surface area contributed by atoms with Crippen molar-refractivity contribution in [3.63, 3.8) is 0 Å². The van der Waals surface area contributed by atoms with Crippen LogP contribution in [0.1, 0.15) is 42.4 Å². The Morgan fingerprint density at radius 1 is 1.02 bits per heavy atom. The predicted molar refractivity (Wildman–Crippen MR) is 155 cm³/mol. The van der Waals surface area contributed by atoms with E-state index >= 15 is 0 Å². The minimum atomic E-state index is -4.37. The molecule has 15 heteroatoms. The molecule has 1 aliphatic heterocycles. The number of rotatable bonds is 10. The average Bonchev–Trinajstić information content (AvgIpc) is 3.60. The Labute approximate surface area is 246 Å². The summed E-state index contributed by atoms with van der Waals surface area (Å²) in [6.07, 6.45) is 1.89. The zero-order valence-electron chi connectivity index (χ0n) is 24.0. The van der Waals surface area contributed by atoms with Crippen LogP contribution in [0, 0.1) is 0 Å². The maximum atomic E-state index is 14.3. The smallest absolute Gasteiger partial charge is 0.270 e. The Hall–Kier alpha value is -4.11. The SMILES string of the molecule is COc1cc2c(NS(=O)(=O)c3c(OC)cc([C@@H]4CN(C)CC(F)(F)C4)cc3OC)noc2cc1Nc1cc(C2CC2)[nH]n1. The fourth-order valence-electron chi connectivity index (χ4n) is 5.57. The summed E-state index contributed by atoms with van der Waals surface area (Å²) < 4.78 is 80.5. The lowest BCUT2D eigenvalue weighted by Crippen LogP contribution is -2.44. The van der Waals surface area contributed by atoms with Crippen LogP contribution in [0.25, 0.3) is 11.0 Å². The fourth-order valence-corrected chi connectivity index (χ4v) is 6.89. The number of sulfonamides is 1. The van der Waals surface area contributed by atoms with Crippen LogP contribution < -0.4 is 24.2 Å². The molecule has 230 valence electrons. The molecule has 0 bridgehead atoms. The van der Waals surface area contributed by atoms with Crippen molar-refractivity contribution >= 4 is 38.3 Å². The summed E-state index contributed by atoms with van der Waals surface area (Å²) in [6.45, 7) is 0.0319. The number of likely N-dealkylation sites (N-methyl/N-ethyl adjacent to an activating group) is 1. The van der Waals surface area contributed by atoms with Crippen molar-refractivity contribution in [2.45, 2.75) is 41.9 Å². The monoisotopic (exact) mass is 618 g/mol. The van der Waals surface area contributed by atoms with Gasteiger partial charge in [0.05, 0.1) is 38.9 Å². The molecule has 12 nitrogen and oxygen atoms in total. The van der Waals surface area contributed by atoms with Crippen molar-refractivity contribution < 1.29 is 35.9 Å². The summed E-state index contributed by atoms with van der Waals surface area (Å²) in [7, 11) is 1.34. The summed E-state index contributed by atoms with van der Waals surface area (Å²) >= 11 is 0. The number of nitrogens with zero attached hydrogens (tertiary/aromatic N) is 3. The predicted octanol–water partition coefficient (Wildman–Crippen LogP) is 5.05. The van der Waals surface area contributed by atoms with E-state index in [9.17, 15) is 17.2 Å². The Bertz CT molecular complexity index is 1750. The van der Waals surface area contributed by atoms with Crippen LogP contribution in [0.4, 0.5) is 26.1 Å². The fraction of sp³-hybridized carbons (Fsp3) is 0.429. The van der Waals surface area contributed by atoms with Crippen molar-refractivity contribution in [2.24, 2.45) is 0 Å². The molecule has 4 aromatic rings. The highest BCUT2D eigenvalue weighted by Gasteiger charge is 2.40. The van der Waals surface area contributed by atoms with Gasteiger partial charge in [-0.05, 0) is 43.7 Å². The number of alkyl halides is 2. The highest BCUT2D eigenvalue weighted by atomic mass is 32.2. The number of benzene rings is 2. The number of methoxy groups -OCH3 is 3. The lowest BCUT2D eigenvalue weighted by molar-refractivity contribution is -0.0650. The van der Waals surface area contributed by atoms with Gasteiger partial charge in [-0.25, -0.2) is 17.2 Å². The Morgan fingerprint density at radius 3 is 2.35 bits per heavy atom. The number of hydrogen-bond acceptors (Lipinski definition) is 10. The highest BCUT2D eigenvalue weighted by Crippen LogP contribution is 2.43. The third-order valence-electron chi connectivity index (χ3n) is 7.70. The van der Waals surface area contributed by atoms with Crippen LogP contribution >= 0.6 is 0 Å². The van der Waals surface area contributed by atoms with Gasteiger partial charge in [0.15, 0.2) is 22.1 Å². The van der Waals surface area contributed by atoms with Gasteiger partial charge in [-0.1, -0.05) is 5.16 Å². The molecule has 2 aromatic carbocycles. The van der Waals surface area contributed by atoms with Crippen LogP contribution in [-0.4, -0.2) is 76.1 Å². The number of ether oxygens (including phenoxy) is 3. The molecular formula is C28H32F2N6O6S. The summed E-state index contributed by atoms with van der Waals surface area (Å²) in [4.78, 5) is 1.24. The molecule has 0 unspecified atom stereocenters. The minimum Gasteiger partial charge on any atom is -0.495 e. The van der Waals surface area contributed by atoms with Gasteiger partial charge in [0.1, 0.15) is 17.2 Å². The van der Waals surface area contributed by atoms with Gasteiger partial charge in [0, 0.05) is 42.6 Å². The van der Waals surface area contributed by atoms with E-state index in [2.05, 4.69) is 25.4 Å². The van der Waals surface area contributed by atoms with Crippen LogP contribution in [0.3, 0.4) is 0 Å². The number of piperidine rings is 1. The number of aromatic nitrogens is 3. The molecule has 3 heterocycles. The molecule has 43 heavy (non-hydrogen) atoms. The number of anilines is 3. The lowest BCUT2D eigenvalue weighted by atomic mass is 9.88. The zero-order valence-corrected chi connectivity index (χ0v) is 24.8. The van der Waals surface area contributed by atoms with Gasteiger partial charge in [0.25, 0.3) is 15.9 Å². The van der Waals surface area contributed by atoms with Crippen LogP contribution in [0.2, 0.25) is 0 Å². The first-order valence-electron chi connectivity index (χ1n) is 13.6. The Balaban J connectivity index is 1.31. The topological polar surface area (TPSA) is 144 Å². The molecule has 2 aliphatic rings. The standard InChI is InChI=1S/C28H32F2N6O6S/c1-36-13-17(12-28(29,30)14-36)16-7-23(40-3)26(24(8-16)41-4)43(37,38)35-27-18-9-22(39-2)20(10-21(18)42-34-27)31-25-11-19(32-33-25)15-5-6-15/h7-11,15,17H,5-6,12-14H2,1-4H3,(H,34,35)(H2,31,32,33)/t17-/m0/s1. The minimum absolute atomic E-state index is 0.0557. The largest absolute Gasteiger partial charge is 0.495 e. The van der Waals surface area contributed by atoms with Crippen molar-refractivity contribution in [3.05, 3.63) is 41.6 Å². The number of aromatic amines is 1. The van der Waals surface area contributed by atoms with E-state index in [0.717, 1.165) is 18.5 Å². The van der Waals surface area contributed by atoms with Gasteiger partial charge < -0.3 is 24.1 Å². The second-order valence-electron chi connectivity index (χ2n) is 11.0. The molecular weight excluding hydrogens is 586 g/mol. The van der Waals surface area contributed by atoms with E-state index < -0.39 is 21.9 Å². The zero-order chi connectivity index (χ0) is 30.5. The Kier molecular flexibility index (Phi) is 7.32. The highest BCUT2D eigenvalue weighted by molar-refractivity contribution is 7.93. The molecule has 2 fully saturated rings. The van der Waals surface area contributed by atoms with Gasteiger partial charge in [-0.15, -0.1) is 0 Å². The van der Waals surface area contributed by atoms with Gasteiger partial charge in [-0.2, -0.15) is 5.10 Å². The van der Waals surface area contributed by atoms with E-state index in [-0.39, 0.29) is 40.8 Å². The molecule has 1 saturated carbocycles. The van der Waals surface area contributed by atoms with E-state index in [0.29, 0.717) is 40.7 Å². The second-order valence-corrected chi connectivity index (χ2v) is 12.6. The molecule has 1 atom stereocenters. The van der Waals surface area contributed by atoms with E-state index in [1.54, 1.807) is 24.1 Å². The number of nitrogens with one attached hydrogen (secondary N) is 3. The normalized spacial score (nSPS) is 18.9. The van der Waals surface area contributed by atoms with E-state index in [1.165, 1.54) is 33.5 Å². The first-order valence-corrected chi connectivity index (χ1v) is 15.1. The molecule has 0 radical (unpaired) electrons. The third kappa shape index (κ3) is 5.78. The quantitative estimate of drug-likeness (QED) is 0.221. The maximum absolute atomic E-state index is 14.3. The summed E-state index contributed by atoms with van der Waals surface area (Å²) in [5, 5.41) is 14.8. The molecule has 6 rings (SSSR count). The number of H-pyrrole nitrogens is 1. The maximum Gasteiger partial charge on any atom is 0.270 e. The van der Waals surface area contributed by atoms with Crippen LogP contribution in [0.15, 0.2) is 39.8 Å². The van der Waals surface area contributed by atoms with Crippen LogP contribution in [0.5, 0.6) is 17.2 Å². The molecule has 0 spiro atoms. The number of fused-ring (bicyclic) bond motifs is 1. The molecule has 1 aliphatic carbocycles. The summed E-state index contributed by atoms with van der Waals surface area (Å²) in [5.41, 5.74) is 2.38. The summed E-state index contributed by atoms with van der Waals surface area (Å²) in [5.74, 6) is -2.13. The number of halogens is 2. The molecule has 3 N–H and O–H groups in total. The van der Waals surface area contributed by atoms with Crippen LogP contribution in [-0.2, 0) is 10.0 Å². The molecule has 0 amide bonds. The summed E-state index contributed by atoms with van der Waals surface area (Å²) in [6, 6.07) is 8.09. The number of likely N-dealkylation sites (tertiary alicyclic amines) is 1. The third-order valence-corrected chi connectivity index (χ3v) is 9.10. The van der Waals surface area contributed by atoms with Gasteiger partial charge >= 0.3 is 0 Å². The van der Waals surface area contributed by atoms with E-state index in [1.807, 2.05) is 6.07 Å². The van der Waals surface area contributed by atoms with Crippen molar-refractivity contribution in [2.75, 3.05) is 51.5 Å². The van der Waals surface area contributed by atoms with Crippen molar-refractivity contribution in [1.29, 1.82) is 0 Å². The Morgan fingerprint density at radius 2 is 1.72 bits per heavy atom. The van der Waals surface area contributed by atoms with Crippen molar-refractivity contribution in [1.82, 2.24) is 20.3 Å². The number of hydrogen-bond donors (Lipinski definition) is 3.